The Morgan fingerprint density at radius 3 is 2.39 bits per heavy atom. The van der Waals surface area contributed by atoms with E-state index in [1.165, 1.54) is 12.3 Å². The summed E-state index contributed by atoms with van der Waals surface area (Å²) in [7, 11) is 1.81. The molecule has 38 heavy (non-hydrogen) atoms. The summed E-state index contributed by atoms with van der Waals surface area (Å²) in [4.78, 5) is 40.3. The fourth-order valence-electron chi connectivity index (χ4n) is 3.83. The fourth-order valence-corrected chi connectivity index (χ4v) is 4.69. The number of nitrogens with zero attached hydrogens (tertiary/aromatic N) is 2. The quantitative estimate of drug-likeness (QED) is 0.261. The summed E-state index contributed by atoms with van der Waals surface area (Å²) in [5.74, 6) is -0.381. The van der Waals surface area contributed by atoms with Crippen LogP contribution in [0.2, 0.25) is 0 Å². The molecular formula is C24H27N3O10S. The Morgan fingerprint density at radius 2 is 1.79 bits per heavy atom. The second kappa shape index (κ2) is 12.0. The summed E-state index contributed by atoms with van der Waals surface area (Å²) in [5.41, 5.74) is 0.915. The molecule has 2 aliphatic heterocycles. The third-order valence-electron chi connectivity index (χ3n) is 5.98. The van der Waals surface area contributed by atoms with Gasteiger partial charge in [-0.2, -0.15) is 0 Å². The second-order valence-electron chi connectivity index (χ2n) is 8.71. The van der Waals surface area contributed by atoms with E-state index in [0.717, 1.165) is 17.3 Å². The largest absolute Gasteiger partial charge is 0.492 e. The number of ether oxygens (including phenoxy) is 3. The molecule has 0 spiro atoms. The van der Waals surface area contributed by atoms with Gasteiger partial charge in [-0.25, -0.2) is 9.78 Å². The first-order valence-electron chi connectivity index (χ1n) is 11.6. The van der Waals surface area contributed by atoms with Crippen molar-refractivity contribution in [1.29, 1.82) is 0 Å². The number of carbonyl (C=O) groups excluding carboxylic acids is 2. The highest BCUT2D eigenvalue weighted by Gasteiger charge is 2.48. The molecule has 204 valence electrons. The van der Waals surface area contributed by atoms with Gasteiger partial charge in [0.2, 0.25) is 12.2 Å². The Hall–Kier alpha value is -3.43. The molecule has 2 saturated heterocycles. The highest BCUT2D eigenvalue weighted by molar-refractivity contribution is 8.15. The summed E-state index contributed by atoms with van der Waals surface area (Å²) < 4.78 is 16.3. The third-order valence-corrected chi connectivity index (χ3v) is 6.97. The number of pyridine rings is 1. The predicted octanol–water partition coefficient (Wildman–Crippen LogP) is -0.238. The van der Waals surface area contributed by atoms with Crippen LogP contribution in [0.15, 0.2) is 42.6 Å². The Labute approximate surface area is 221 Å². The maximum atomic E-state index is 11.7. The van der Waals surface area contributed by atoms with Crippen LogP contribution in [-0.2, 0) is 20.7 Å². The molecule has 0 aliphatic carbocycles. The van der Waals surface area contributed by atoms with Gasteiger partial charge >= 0.3 is 5.97 Å². The lowest BCUT2D eigenvalue weighted by Gasteiger charge is -2.38. The number of amides is 2. The van der Waals surface area contributed by atoms with E-state index in [4.69, 9.17) is 19.3 Å². The molecule has 2 amide bonds. The summed E-state index contributed by atoms with van der Waals surface area (Å²) >= 11 is 0.990. The molecular weight excluding hydrogens is 522 g/mol. The number of imide groups is 1. The molecule has 0 radical (unpaired) electrons. The van der Waals surface area contributed by atoms with Gasteiger partial charge in [0, 0.05) is 7.05 Å². The normalized spacial score (nSPS) is 27.1. The van der Waals surface area contributed by atoms with Gasteiger partial charge in [0.25, 0.3) is 5.24 Å². The van der Waals surface area contributed by atoms with E-state index in [2.05, 4.69) is 10.3 Å². The summed E-state index contributed by atoms with van der Waals surface area (Å²) in [6.45, 7) is 0.842. The van der Waals surface area contributed by atoms with E-state index < -0.39 is 41.9 Å². The van der Waals surface area contributed by atoms with Crippen LogP contribution in [0.4, 0.5) is 10.6 Å². The second-order valence-corrected chi connectivity index (χ2v) is 9.88. The van der Waals surface area contributed by atoms with Crippen molar-refractivity contribution in [3.05, 3.63) is 48.2 Å². The molecule has 2 aromatic rings. The number of likely N-dealkylation sites (N-methyl/N-ethyl adjacent to an activating group) is 1. The smallest absolute Gasteiger partial charge is 0.335 e. The number of hydrogen-bond acceptors (Lipinski definition) is 12. The number of nitrogens with one attached hydrogen (secondary N) is 1. The van der Waals surface area contributed by atoms with Gasteiger partial charge in [0.05, 0.1) is 18.0 Å². The molecule has 0 unspecified atom stereocenters. The molecule has 1 aromatic carbocycles. The van der Waals surface area contributed by atoms with Crippen molar-refractivity contribution >= 4 is 34.7 Å². The van der Waals surface area contributed by atoms with Gasteiger partial charge in [0.1, 0.15) is 42.2 Å². The molecule has 5 N–H and O–H groups in total. The number of rotatable bonds is 10. The van der Waals surface area contributed by atoms with Crippen molar-refractivity contribution in [2.75, 3.05) is 25.1 Å². The number of anilines is 1. The van der Waals surface area contributed by atoms with Gasteiger partial charge in [-0.05, 0) is 36.2 Å². The predicted molar refractivity (Wildman–Crippen MR) is 133 cm³/mol. The number of benzene rings is 1. The van der Waals surface area contributed by atoms with Crippen molar-refractivity contribution in [3.8, 4) is 11.5 Å². The fraction of sp³-hybridized carbons (Fsp3) is 0.417. The number of carboxylic acid groups (broad SMARTS) is 1. The standard InChI is InChI=1S/C24H27N3O10S/c1-27(8-9-35-13-4-2-12(3-5-13)10-15-21(31)26-24(34)38-15)16-7-6-14(11-25-16)36-23-19(30)17(28)18(29)20(37-23)22(32)33/h2-7,11,15,17-20,23,28-30H,8-10H2,1H3,(H,32,33)(H,26,31,34)/t15-,17+,18+,19+,20-,23+/m0/s1. The minimum Gasteiger partial charge on any atom is -0.492 e. The van der Waals surface area contributed by atoms with Crippen LogP contribution >= 0.6 is 11.8 Å². The van der Waals surface area contributed by atoms with E-state index in [9.17, 15) is 29.7 Å². The first kappa shape index (κ1) is 27.6. The highest BCUT2D eigenvalue weighted by Crippen LogP contribution is 2.26. The molecule has 2 fully saturated rings. The Bertz CT molecular complexity index is 1150. The number of aliphatic hydroxyl groups excluding tert-OH is 3. The maximum absolute atomic E-state index is 11.7. The van der Waals surface area contributed by atoms with Crippen LogP contribution in [0.5, 0.6) is 11.5 Å². The van der Waals surface area contributed by atoms with Gasteiger partial charge in [0.15, 0.2) is 6.10 Å². The van der Waals surface area contributed by atoms with Crippen LogP contribution in [-0.4, -0.2) is 98.7 Å². The van der Waals surface area contributed by atoms with Crippen molar-refractivity contribution in [3.63, 3.8) is 0 Å². The Morgan fingerprint density at radius 1 is 1.08 bits per heavy atom. The highest BCUT2D eigenvalue weighted by atomic mass is 32.2. The van der Waals surface area contributed by atoms with Crippen LogP contribution < -0.4 is 19.7 Å². The van der Waals surface area contributed by atoms with Crippen molar-refractivity contribution < 1.29 is 49.0 Å². The molecule has 4 rings (SSSR count). The Kier molecular flexibility index (Phi) is 8.69. The minimum atomic E-state index is -1.80. The minimum absolute atomic E-state index is 0.160. The van der Waals surface area contributed by atoms with Crippen LogP contribution in [0.25, 0.3) is 0 Å². The van der Waals surface area contributed by atoms with Gasteiger partial charge in [-0.3, -0.25) is 14.9 Å². The van der Waals surface area contributed by atoms with Crippen molar-refractivity contribution in [1.82, 2.24) is 10.3 Å². The molecule has 0 saturated carbocycles. The number of carbonyl (C=O) groups is 3. The summed E-state index contributed by atoms with van der Waals surface area (Å²) in [6, 6.07) is 10.5. The Balaban J connectivity index is 1.24. The lowest BCUT2D eigenvalue weighted by atomic mass is 9.99. The van der Waals surface area contributed by atoms with Crippen molar-refractivity contribution in [2.24, 2.45) is 0 Å². The van der Waals surface area contributed by atoms with Gasteiger partial charge in [-0.1, -0.05) is 23.9 Å². The van der Waals surface area contributed by atoms with E-state index in [1.54, 1.807) is 18.2 Å². The van der Waals surface area contributed by atoms with Gasteiger partial charge in [-0.15, -0.1) is 0 Å². The topological polar surface area (TPSA) is 188 Å². The zero-order valence-corrected chi connectivity index (χ0v) is 21.0. The number of carboxylic acids is 1. The van der Waals surface area contributed by atoms with Crippen LogP contribution in [0, 0.1) is 0 Å². The van der Waals surface area contributed by atoms with E-state index >= 15 is 0 Å². The zero-order chi connectivity index (χ0) is 27.4. The molecule has 1 aromatic heterocycles. The number of aliphatic hydroxyl groups is 3. The first-order chi connectivity index (χ1) is 18.1. The first-order valence-corrected chi connectivity index (χ1v) is 12.5. The molecule has 2 aliphatic rings. The average Bonchev–Trinajstić information content (AvgIpc) is 3.21. The third kappa shape index (κ3) is 6.52. The SMILES string of the molecule is CN(CCOc1ccc(C[C@@H]2SC(=O)NC2=O)cc1)c1ccc(O[C@@H]2O[C@H](C(=O)O)[C@H](O)[C@@H](O)[C@H]2O)cn1. The number of aliphatic carboxylic acids is 1. The maximum Gasteiger partial charge on any atom is 0.335 e. The lowest BCUT2D eigenvalue weighted by molar-refractivity contribution is -0.271. The molecule has 13 nitrogen and oxygen atoms in total. The number of thioether (sulfide) groups is 1. The van der Waals surface area contributed by atoms with E-state index in [1.807, 2.05) is 24.1 Å². The van der Waals surface area contributed by atoms with Gasteiger partial charge < -0.3 is 39.5 Å². The van der Waals surface area contributed by atoms with Crippen molar-refractivity contribution in [2.45, 2.75) is 42.4 Å². The molecule has 14 heteroatoms. The van der Waals surface area contributed by atoms with Crippen LogP contribution in [0.3, 0.4) is 0 Å². The molecule has 3 heterocycles. The van der Waals surface area contributed by atoms with Crippen LogP contribution in [0.1, 0.15) is 5.56 Å². The number of aromatic nitrogens is 1. The van der Waals surface area contributed by atoms with E-state index in [0.29, 0.717) is 31.1 Å². The summed E-state index contributed by atoms with van der Waals surface area (Å²) in [5, 5.41) is 40.4. The zero-order valence-electron chi connectivity index (χ0n) is 20.2. The van der Waals surface area contributed by atoms with E-state index in [-0.39, 0.29) is 16.9 Å². The summed E-state index contributed by atoms with van der Waals surface area (Å²) in [6.07, 6.45) is -6.70. The molecule has 0 bridgehead atoms. The lowest BCUT2D eigenvalue weighted by Crippen LogP contribution is -2.61. The monoisotopic (exact) mass is 549 g/mol. The molecule has 6 atom stereocenters. The average molecular weight is 550 g/mol. The number of hydrogen-bond donors (Lipinski definition) is 5.